The normalized spacial score (nSPS) is 11.6. The van der Waals surface area contributed by atoms with Gasteiger partial charge in [0.15, 0.2) is 17.7 Å². The summed E-state index contributed by atoms with van der Waals surface area (Å²) < 4.78 is 16.2. The fourth-order valence-electron chi connectivity index (χ4n) is 1.89. The van der Waals surface area contributed by atoms with E-state index in [1.807, 2.05) is 55.5 Å². The molecule has 0 radical (unpaired) electrons. The number of methoxy groups -OCH3 is 2. The zero-order chi connectivity index (χ0) is 14.4. The van der Waals surface area contributed by atoms with Gasteiger partial charge in [-0.2, -0.15) is 0 Å². The highest BCUT2D eigenvalue weighted by molar-refractivity contribution is 5.55. The fourth-order valence-corrected chi connectivity index (χ4v) is 1.89. The standard InChI is InChI=1S/C16H19NO3/c1-12(20-14-7-5-4-6-8-14)17-13-9-10-15(18-2)16(11-13)19-3/h4-12,17H,1-3H3. The molecule has 106 valence electrons. The van der Waals surface area contributed by atoms with E-state index in [1.165, 1.54) is 0 Å². The van der Waals surface area contributed by atoms with Gasteiger partial charge in [0.05, 0.1) is 14.2 Å². The zero-order valence-corrected chi connectivity index (χ0v) is 11.9. The van der Waals surface area contributed by atoms with Gasteiger partial charge in [-0.1, -0.05) is 18.2 Å². The van der Waals surface area contributed by atoms with Crippen molar-refractivity contribution in [2.24, 2.45) is 0 Å². The quantitative estimate of drug-likeness (QED) is 0.817. The molecule has 0 amide bonds. The second-order valence-corrected chi connectivity index (χ2v) is 4.29. The second kappa shape index (κ2) is 6.70. The Balaban J connectivity index is 2.02. The van der Waals surface area contributed by atoms with E-state index in [2.05, 4.69) is 5.32 Å². The number of hydrogen-bond donors (Lipinski definition) is 1. The maximum absolute atomic E-state index is 5.77. The lowest BCUT2D eigenvalue weighted by molar-refractivity contribution is 0.250. The molecule has 0 saturated carbocycles. The van der Waals surface area contributed by atoms with Crippen molar-refractivity contribution in [1.29, 1.82) is 0 Å². The van der Waals surface area contributed by atoms with Crippen LogP contribution in [0.4, 0.5) is 5.69 Å². The van der Waals surface area contributed by atoms with E-state index in [0.717, 1.165) is 11.4 Å². The Hall–Kier alpha value is -2.36. The average Bonchev–Trinajstić information content (AvgIpc) is 2.48. The van der Waals surface area contributed by atoms with Gasteiger partial charge >= 0.3 is 0 Å². The van der Waals surface area contributed by atoms with Crippen molar-refractivity contribution in [3.63, 3.8) is 0 Å². The molecule has 0 aliphatic carbocycles. The van der Waals surface area contributed by atoms with Gasteiger partial charge in [0.1, 0.15) is 5.75 Å². The predicted octanol–water partition coefficient (Wildman–Crippen LogP) is 3.54. The number of hydrogen-bond acceptors (Lipinski definition) is 4. The summed E-state index contributed by atoms with van der Waals surface area (Å²) in [5.41, 5.74) is 0.908. The molecule has 0 fully saturated rings. The minimum Gasteiger partial charge on any atom is -0.493 e. The maximum atomic E-state index is 5.77. The molecule has 1 N–H and O–H groups in total. The minimum atomic E-state index is -0.157. The van der Waals surface area contributed by atoms with Crippen molar-refractivity contribution >= 4 is 5.69 Å². The smallest absolute Gasteiger partial charge is 0.167 e. The lowest BCUT2D eigenvalue weighted by atomic mass is 10.2. The molecule has 1 unspecified atom stereocenters. The first kappa shape index (κ1) is 14.1. The summed E-state index contributed by atoms with van der Waals surface area (Å²) in [6, 6.07) is 15.3. The summed E-state index contributed by atoms with van der Waals surface area (Å²) in [4.78, 5) is 0. The van der Waals surface area contributed by atoms with Crippen molar-refractivity contribution in [3.05, 3.63) is 48.5 Å². The molecule has 4 heteroatoms. The van der Waals surface area contributed by atoms with Gasteiger partial charge < -0.3 is 19.5 Å². The molecule has 20 heavy (non-hydrogen) atoms. The highest BCUT2D eigenvalue weighted by Gasteiger charge is 2.07. The van der Waals surface area contributed by atoms with Crippen LogP contribution in [0.3, 0.4) is 0 Å². The molecule has 1 atom stereocenters. The molecule has 0 aliphatic rings. The number of anilines is 1. The molecule has 0 saturated heterocycles. The maximum Gasteiger partial charge on any atom is 0.167 e. The van der Waals surface area contributed by atoms with Crippen LogP contribution in [0.25, 0.3) is 0 Å². The molecule has 0 bridgehead atoms. The number of ether oxygens (including phenoxy) is 3. The Kier molecular flexibility index (Phi) is 4.71. The second-order valence-electron chi connectivity index (χ2n) is 4.29. The van der Waals surface area contributed by atoms with E-state index in [9.17, 15) is 0 Å². The monoisotopic (exact) mass is 273 g/mol. The number of para-hydroxylation sites is 1. The van der Waals surface area contributed by atoms with Crippen molar-refractivity contribution in [1.82, 2.24) is 0 Å². The van der Waals surface area contributed by atoms with E-state index in [1.54, 1.807) is 14.2 Å². The van der Waals surface area contributed by atoms with Gasteiger partial charge in [0.2, 0.25) is 0 Å². The van der Waals surface area contributed by atoms with E-state index >= 15 is 0 Å². The number of rotatable bonds is 6. The van der Waals surface area contributed by atoms with E-state index in [0.29, 0.717) is 11.5 Å². The first-order valence-corrected chi connectivity index (χ1v) is 6.43. The van der Waals surface area contributed by atoms with Crippen LogP contribution in [0.15, 0.2) is 48.5 Å². The topological polar surface area (TPSA) is 39.7 Å². The lowest BCUT2D eigenvalue weighted by Crippen LogP contribution is -2.22. The van der Waals surface area contributed by atoms with Crippen LogP contribution in [-0.4, -0.2) is 20.4 Å². The molecular formula is C16H19NO3. The van der Waals surface area contributed by atoms with Crippen molar-refractivity contribution in [2.45, 2.75) is 13.2 Å². The Bertz CT molecular complexity index is 543. The molecule has 0 heterocycles. The van der Waals surface area contributed by atoms with Gasteiger partial charge in [0, 0.05) is 11.8 Å². The third kappa shape index (κ3) is 3.57. The summed E-state index contributed by atoms with van der Waals surface area (Å²) in [5, 5.41) is 3.26. The van der Waals surface area contributed by atoms with Gasteiger partial charge in [-0.3, -0.25) is 0 Å². The van der Waals surface area contributed by atoms with Crippen LogP contribution in [0.5, 0.6) is 17.2 Å². The molecule has 0 aromatic heterocycles. The van der Waals surface area contributed by atoms with Crippen LogP contribution in [-0.2, 0) is 0 Å². The first-order chi connectivity index (χ1) is 9.72. The molecule has 0 spiro atoms. The van der Waals surface area contributed by atoms with E-state index in [4.69, 9.17) is 14.2 Å². The molecule has 2 aromatic rings. The highest BCUT2D eigenvalue weighted by Crippen LogP contribution is 2.30. The summed E-state index contributed by atoms with van der Waals surface area (Å²) in [7, 11) is 3.23. The van der Waals surface area contributed by atoms with Gasteiger partial charge in [-0.25, -0.2) is 0 Å². The molecule has 2 rings (SSSR count). The Morgan fingerprint density at radius 3 is 2.25 bits per heavy atom. The summed E-state index contributed by atoms with van der Waals surface area (Å²) in [6.07, 6.45) is -0.157. The van der Waals surface area contributed by atoms with Crippen LogP contribution in [0.2, 0.25) is 0 Å². The summed E-state index contributed by atoms with van der Waals surface area (Å²) >= 11 is 0. The van der Waals surface area contributed by atoms with Crippen molar-refractivity contribution in [2.75, 3.05) is 19.5 Å². The zero-order valence-electron chi connectivity index (χ0n) is 11.9. The van der Waals surface area contributed by atoms with E-state index < -0.39 is 0 Å². The summed E-state index contributed by atoms with van der Waals surface area (Å²) in [6.45, 7) is 1.95. The van der Waals surface area contributed by atoms with Crippen LogP contribution in [0.1, 0.15) is 6.92 Å². The average molecular weight is 273 g/mol. The fraction of sp³-hybridized carbons (Fsp3) is 0.250. The van der Waals surface area contributed by atoms with Crippen LogP contribution in [0, 0.1) is 0 Å². The Morgan fingerprint density at radius 2 is 1.60 bits per heavy atom. The van der Waals surface area contributed by atoms with E-state index in [-0.39, 0.29) is 6.23 Å². The van der Waals surface area contributed by atoms with Gasteiger partial charge in [-0.05, 0) is 31.2 Å². The SMILES string of the molecule is COc1ccc(NC(C)Oc2ccccc2)cc1OC. The minimum absolute atomic E-state index is 0.157. The van der Waals surface area contributed by atoms with Gasteiger partial charge in [0.25, 0.3) is 0 Å². The largest absolute Gasteiger partial charge is 0.493 e. The van der Waals surface area contributed by atoms with Gasteiger partial charge in [-0.15, -0.1) is 0 Å². The first-order valence-electron chi connectivity index (χ1n) is 6.43. The Morgan fingerprint density at radius 1 is 0.900 bits per heavy atom. The Labute approximate surface area is 119 Å². The molecule has 4 nitrogen and oxygen atoms in total. The van der Waals surface area contributed by atoms with Crippen LogP contribution < -0.4 is 19.5 Å². The van der Waals surface area contributed by atoms with Crippen LogP contribution >= 0.6 is 0 Å². The molecular weight excluding hydrogens is 254 g/mol. The predicted molar refractivity (Wildman–Crippen MR) is 79.7 cm³/mol. The number of nitrogens with one attached hydrogen (secondary N) is 1. The lowest BCUT2D eigenvalue weighted by Gasteiger charge is -2.18. The van der Waals surface area contributed by atoms with Crippen molar-refractivity contribution < 1.29 is 14.2 Å². The molecule has 2 aromatic carbocycles. The molecule has 0 aliphatic heterocycles. The summed E-state index contributed by atoms with van der Waals surface area (Å²) in [5.74, 6) is 2.21. The number of benzene rings is 2. The third-order valence-electron chi connectivity index (χ3n) is 2.81. The third-order valence-corrected chi connectivity index (χ3v) is 2.81. The van der Waals surface area contributed by atoms with Crippen molar-refractivity contribution in [3.8, 4) is 17.2 Å². The highest BCUT2D eigenvalue weighted by atomic mass is 16.5.